The van der Waals surface area contributed by atoms with Crippen LogP contribution in [0.1, 0.15) is 25.9 Å². The van der Waals surface area contributed by atoms with E-state index in [2.05, 4.69) is 4.98 Å². The summed E-state index contributed by atoms with van der Waals surface area (Å²) in [6, 6.07) is 21.4. The number of hydrogen-bond donors (Lipinski definition) is 2. The maximum atomic E-state index is 13.3. The van der Waals surface area contributed by atoms with Crippen LogP contribution in [0.5, 0.6) is 5.75 Å². The summed E-state index contributed by atoms with van der Waals surface area (Å²) in [5, 5.41) is 19.8. The van der Waals surface area contributed by atoms with Gasteiger partial charge in [0.1, 0.15) is 5.75 Å². The molecule has 2 aromatic heterocycles. The maximum absolute atomic E-state index is 13.3. The third-order valence-electron chi connectivity index (χ3n) is 5.06. The van der Waals surface area contributed by atoms with Crippen LogP contribution < -0.4 is 0 Å². The van der Waals surface area contributed by atoms with Crippen molar-refractivity contribution in [3.8, 4) is 28.2 Å². The van der Waals surface area contributed by atoms with Gasteiger partial charge in [-0.05, 0) is 23.8 Å². The fourth-order valence-corrected chi connectivity index (χ4v) is 4.78. The number of hydrogen-bond acceptors (Lipinski definition) is 6. The van der Waals surface area contributed by atoms with Crippen molar-refractivity contribution >= 4 is 33.2 Å². The van der Waals surface area contributed by atoms with Crippen molar-refractivity contribution in [2.24, 2.45) is 0 Å². The molecule has 2 N–H and O–H groups in total. The molecule has 0 unspecified atom stereocenters. The number of benzene rings is 3. The lowest BCUT2D eigenvalue weighted by Gasteiger charge is -2.06. The third kappa shape index (κ3) is 3.44. The number of nitrogens with zero attached hydrogens (tertiary/aromatic N) is 1. The van der Waals surface area contributed by atoms with Gasteiger partial charge in [0, 0.05) is 26.8 Å². The number of carbonyl (C=O) groups is 2. The smallest absolute Gasteiger partial charge is 0.392 e. The lowest BCUT2D eigenvalue weighted by atomic mass is 9.97. The van der Waals surface area contributed by atoms with Crippen molar-refractivity contribution in [1.29, 1.82) is 0 Å². The molecule has 0 aliphatic rings. The van der Waals surface area contributed by atoms with E-state index in [4.69, 9.17) is 9.52 Å². The number of aromatic nitrogens is 1. The van der Waals surface area contributed by atoms with Crippen LogP contribution in [0.25, 0.3) is 32.5 Å². The minimum Gasteiger partial charge on any atom is -0.508 e. The Morgan fingerprint density at radius 1 is 0.906 bits per heavy atom. The van der Waals surface area contributed by atoms with E-state index in [1.165, 1.54) is 17.5 Å². The summed E-state index contributed by atoms with van der Waals surface area (Å²) in [4.78, 5) is 28.7. The van der Waals surface area contributed by atoms with E-state index in [0.29, 0.717) is 21.8 Å². The SMILES string of the molecule is O=C(O)c1ncc(-c2ccc(-c3c(C(=O)c4ccccc4)sc4cc(O)ccc34)cc2)o1. The first-order valence-corrected chi connectivity index (χ1v) is 10.5. The summed E-state index contributed by atoms with van der Waals surface area (Å²) >= 11 is 1.34. The van der Waals surface area contributed by atoms with E-state index < -0.39 is 5.97 Å². The van der Waals surface area contributed by atoms with Gasteiger partial charge in [-0.2, -0.15) is 0 Å². The van der Waals surface area contributed by atoms with Crippen LogP contribution in [0.3, 0.4) is 0 Å². The molecule has 5 aromatic rings. The molecule has 7 heteroatoms. The summed E-state index contributed by atoms with van der Waals surface area (Å²) in [7, 11) is 0. The Morgan fingerprint density at radius 2 is 1.62 bits per heavy atom. The number of phenolic OH excluding ortho intramolecular Hbond substituents is 1. The van der Waals surface area contributed by atoms with Gasteiger partial charge in [-0.3, -0.25) is 4.79 Å². The summed E-state index contributed by atoms with van der Waals surface area (Å²) in [6.45, 7) is 0. The monoisotopic (exact) mass is 441 g/mol. The van der Waals surface area contributed by atoms with E-state index in [-0.39, 0.29) is 17.4 Å². The van der Waals surface area contributed by atoms with Crippen molar-refractivity contribution < 1.29 is 24.2 Å². The Bertz CT molecular complexity index is 1470. The molecule has 3 aromatic carbocycles. The van der Waals surface area contributed by atoms with Crippen LogP contribution in [0.15, 0.2) is 83.4 Å². The van der Waals surface area contributed by atoms with E-state index in [1.807, 2.05) is 36.4 Å². The van der Waals surface area contributed by atoms with Gasteiger partial charge in [0.25, 0.3) is 0 Å². The molecule has 0 aliphatic heterocycles. The molecule has 0 spiro atoms. The maximum Gasteiger partial charge on any atom is 0.392 e. The van der Waals surface area contributed by atoms with Gasteiger partial charge in [-0.25, -0.2) is 9.78 Å². The van der Waals surface area contributed by atoms with Gasteiger partial charge in [-0.1, -0.05) is 54.6 Å². The van der Waals surface area contributed by atoms with Crippen molar-refractivity contribution in [3.63, 3.8) is 0 Å². The summed E-state index contributed by atoms with van der Waals surface area (Å²) in [5.41, 5.74) is 2.86. The zero-order chi connectivity index (χ0) is 22.2. The summed E-state index contributed by atoms with van der Waals surface area (Å²) < 4.78 is 6.08. The number of aromatic hydroxyl groups is 1. The topological polar surface area (TPSA) is 101 Å². The molecule has 0 bridgehead atoms. The third-order valence-corrected chi connectivity index (χ3v) is 6.21. The highest BCUT2D eigenvalue weighted by Gasteiger charge is 2.21. The number of fused-ring (bicyclic) bond motifs is 1. The summed E-state index contributed by atoms with van der Waals surface area (Å²) in [6.07, 6.45) is 1.37. The van der Waals surface area contributed by atoms with Gasteiger partial charge >= 0.3 is 11.9 Å². The molecule has 6 nitrogen and oxygen atoms in total. The van der Waals surface area contributed by atoms with Crippen LogP contribution >= 0.6 is 11.3 Å². The van der Waals surface area contributed by atoms with Crippen LogP contribution in [0.4, 0.5) is 0 Å². The first kappa shape index (κ1) is 19.7. The molecule has 0 aliphatic carbocycles. The van der Waals surface area contributed by atoms with Crippen LogP contribution in [0, 0.1) is 0 Å². The van der Waals surface area contributed by atoms with Crippen molar-refractivity contribution in [2.75, 3.05) is 0 Å². The Morgan fingerprint density at radius 3 is 2.31 bits per heavy atom. The molecule has 0 radical (unpaired) electrons. The largest absolute Gasteiger partial charge is 0.508 e. The fourth-order valence-electron chi connectivity index (χ4n) is 3.56. The molecule has 32 heavy (non-hydrogen) atoms. The second-order valence-corrected chi connectivity index (χ2v) is 8.15. The Kier molecular flexibility index (Phi) is 4.80. The second-order valence-electron chi connectivity index (χ2n) is 7.09. The quantitative estimate of drug-likeness (QED) is 0.331. The number of carbonyl (C=O) groups excluding carboxylic acids is 1. The minimum atomic E-state index is -1.23. The first-order chi connectivity index (χ1) is 15.5. The zero-order valence-electron chi connectivity index (χ0n) is 16.5. The number of ketones is 1. The molecule has 0 fully saturated rings. The summed E-state index contributed by atoms with van der Waals surface area (Å²) in [5.74, 6) is -1.21. The molecule has 2 heterocycles. The number of phenols is 1. The van der Waals surface area contributed by atoms with E-state index in [1.54, 1.807) is 36.4 Å². The Labute approximate surface area is 186 Å². The van der Waals surface area contributed by atoms with Crippen LogP contribution in [-0.2, 0) is 0 Å². The lowest BCUT2D eigenvalue weighted by Crippen LogP contribution is -2.00. The average Bonchev–Trinajstić information content (AvgIpc) is 3.44. The normalized spacial score (nSPS) is 11.0. The molecule has 156 valence electrons. The number of thiophene rings is 1. The molecule has 0 saturated carbocycles. The highest BCUT2D eigenvalue weighted by atomic mass is 32.1. The van der Waals surface area contributed by atoms with E-state index >= 15 is 0 Å². The highest BCUT2D eigenvalue weighted by molar-refractivity contribution is 7.21. The van der Waals surface area contributed by atoms with Crippen LogP contribution in [-0.4, -0.2) is 26.9 Å². The van der Waals surface area contributed by atoms with Gasteiger partial charge in [-0.15, -0.1) is 11.3 Å². The first-order valence-electron chi connectivity index (χ1n) is 9.66. The number of oxazole rings is 1. The van der Waals surface area contributed by atoms with Crippen LogP contribution in [0.2, 0.25) is 0 Å². The molecular weight excluding hydrogens is 426 g/mol. The Hall–Kier alpha value is -4.23. The molecule has 0 amide bonds. The average molecular weight is 441 g/mol. The van der Waals surface area contributed by atoms with Crippen molar-refractivity contribution in [2.45, 2.75) is 0 Å². The predicted octanol–water partition coefficient (Wildman–Crippen LogP) is 5.86. The van der Waals surface area contributed by atoms with Crippen molar-refractivity contribution in [3.05, 3.63) is 95.3 Å². The van der Waals surface area contributed by atoms with E-state index in [9.17, 15) is 14.7 Å². The number of carboxylic acids is 1. The van der Waals surface area contributed by atoms with E-state index in [0.717, 1.165) is 21.2 Å². The minimum absolute atomic E-state index is 0.0910. The van der Waals surface area contributed by atoms with Crippen molar-refractivity contribution in [1.82, 2.24) is 4.98 Å². The molecule has 0 saturated heterocycles. The van der Waals surface area contributed by atoms with Gasteiger partial charge in [0.2, 0.25) is 5.78 Å². The lowest BCUT2D eigenvalue weighted by molar-refractivity contribution is 0.0654. The highest BCUT2D eigenvalue weighted by Crippen LogP contribution is 2.41. The standard InChI is InChI=1S/C25H15NO5S/c27-17-10-11-18-20(12-17)32-23(22(28)16-4-2-1-3-5-16)21(18)15-8-6-14(7-9-15)19-13-26-24(31-19)25(29)30/h1-13,27H,(H,29,30). The number of rotatable bonds is 5. The zero-order valence-corrected chi connectivity index (χ0v) is 17.3. The number of carboxylic acid groups (broad SMARTS) is 1. The predicted molar refractivity (Wildman–Crippen MR) is 121 cm³/mol. The van der Waals surface area contributed by atoms with Gasteiger partial charge < -0.3 is 14.6 Å². The molecular formula is C25H15NO5S. The molecule has 5 rings (SSSR count). The Balaban J connectivity index is 1.62. The number of aromatic carboxylic acids is 1. The molecule has 0 atom stereocenters. The van der Waals surface area contributed by atoms with Gasteiger partial charge in [0.15, 0.2) is 5.76 Å². The fraction of sp³-hybridized carbons (Fsp3) is 0. The second kappa shape index (κ2) is 7.79. The van der Waals surface area contributed by atoms with Gasteiger partial charge in [0.05, 0.1) is 11.1 Å².